The predicted molar refractivity (Wildman–Crippen MR) is 71.4 cm³/mol. The average molecular weight is 251 g/mol. The molecule has 2 aliphatic carbocycles. The van der Waals surface area contributed by atoms with Gasteiger partial charge in [0.25, 0.3) is 0 Å². The fraction of sp³-hybridized carbons (Fsp3) is 0.929. The van der Waals surface area contributed by atoms with Crippen LogP contribution in [0.4, 0.5) is 0 Å². The van der Waals surface area contributed by atoms with Gasteiger partial charge in [0.1, 0.15) is 0 Å². The molecule has 18 heavy (non-hydrogen) atoms. The van der Waals surface area contributed by atoms with Crippen LogP contribution in [0.2, 0.25) is 0 Å². The molecule has 2 atom stereocenters. The first-order valence-electron chi connectivity index (χ1n) is 7.53. The molecule has 2 N–H and O–H groups in total. The Morgan fingerprint density at radius 1 is 1.33 bits per heavy atom. The Morgan fingerprint density at radius 3 is 2.67 bits per heavy atom. The summed E-state index contributed by atoms with van der Waals surface area (Å²) in [7, 11) is 0. The van der Waals surface area contributed by atoms with E-state index in [2.05, 4.69) is 22.5 Å². The highest BCUT2D eigenvalue weighted by molar-refractivity contribution is 5.82. The lowest BCUT2D eigenvalue weighted by Gasteiger charge is -2.30. The van der Waals surface area contributed by atoms with Crippen molar-refractivity contribution in [3.63, 3.8) is 0 Å². The summed E-state index contributed by atoms with van der Waals surface area (Å²) in [4.78, 5) is 14.6. The largest absolute Gasteiger partial charge is 0.352 e. The van der Waals surface area contributed by atoms with Crippen molar-refractivity contribution < 1.29 is 4.79 Å². The topological polar surface area (TPSA) is 44.4 Å². The van der Waals surface area contributed by atoms with Crippen LogP contribution >= 0.6 is 0 Å². The SMILES string of the molecule is CC(C(=O)NC1CC1)N(CC1CCCN1)C1CC1. The number of nitrogens with one attached hydrogen (secondary N) is 2. The number of hydrogen-bond donors (Lipinski definition) is 2. The Hall–Kier alpha value is -0.610. The highest BCUT2D eigenvalue weighted by Gasteiger charge is 2.37. The van der Waals surface area contributed by atoms with Crippen LogP contribution in [0.25, 0.3) is 0 Å². The molecule has 2 saturated carbocycles. The molecule has 2 unspecified atom stereocenters. The number of hydrogen-bond acceptors (Lipinski definition) is 3. The molecule has 1 heterocycles. The summed E-state index contributed by atoms with van der Waals surface area (Å²) in [6.45, 7) is 4.26. The van der Waals surface area contributed by atoms with E-state index in [1.54, 1.807) is 0 Å². The van der Waals surface area contributed by atoms with E-state index in [9.17, 15) is 4.79 Å². The van der Waals surface area contributed by atoms with Gasteiger partial charge in [-0.3, -0.25) is 9.69 Å². The van der Waals surface area contributed by atoms with Crippen molar-refractivity contribution in [1.29, 1.82) is 0 Å². The van der Waals surface area contributed by atoms with Crippen LogP contribution in [0.3, 0.4) is 0 Å². The van der Waals surface area contributed by atoms with Crippen LogP contribution in [-0.2, 0) is 4.79 Å². The summed E-state index contributed by atoms with van der Waals surface area (Å²) in [5, 5.41) is 6.68. The average Bonchev–Trinajstić information content (AvgIpc) is 3.28. The smallest absolute Gasteiger partial charge is 0.237 e. The fourth-order valence-corrected chi connectivity index (χ4v) is 2.90. The summed E-state index contributed by atoms with van der Waals surface area (Å²) < 4.78 is 0. The summed E-state index contributed by atoms with van der Waals surface area (Å²) in [5.41, 5.74) is 0. The Labute approximate surface area is 109 Å². The minimum atomic E-state index is 0.0421. The zero-order valence-corrected chi connectivity index (χ0v) is 11.3. The standard InChI is InChI=1S/C14H25N3O/c1-10(14(18)16-11-4-5-11)17(13-6-7-13)9-12-3-2-8-15-12/h10-13,15H,2-9H2,1H3,(H,16,18). The molecule has 102 valence electrons. The van der Waals surface area contributed by atoms with Gasteiger partial charge in [-0.05, 0) is 52.0 Å². The highest BCUT2D eigenvalue weighted by atomic mass is 16.2. The summed E-state index contributed by atoms with van der Waals surface area (Å²) in [6, 6.07) is 1.78. The van der Waals surface area contributed by atoms with Crippen molar-refractivity contribution in [3.05, 3.63) is 0 Å². The van der Waals surface area contributed by atoms with Gasteiger partial charge >= 0.3 is 0 Å². The zero-order chi connectivity index (χ0) is 12.5. The van der Waals surface area contributed by atoms with E-state index in [0.717, 1.165) is 13.1 Å². The van der Waals surface area contributed by atoms with Gasteiger partial charge < -0.3 is 10.6 Å². The molecule has 4 heteroatoms. The number of nitrogens with zero attached hydrogens (tertiary/aromatic N) is 1. The van der Waals surface area contributed by atoms with Crippen molar-refractivity contribution in [3.8, 4) is 0 Å². The maximum atomic E-state index is 12.2. The maximum Gasteiger partial charge on any atom is 0.237 e. The molecule has 0 aromatic heterocycles. The van der Waals surface area contributed by atoms with Gasteiger partial charge in [-0.2, -0.15) is 0 Å². The van der Waals surface area contributed by atoms with Gasteiger partial charge in [0.15, 0.2) is 0 Å². The number of amides is 1. The monoisotopic (exact) mass is 251 g/mol. The molecular weight excluding hydrogens is 226 g/mol. The molecule has 0 aromatic rings. The molecule has 3 aliphatic rings. The lowest BCUT2D eigenvalue weighted by Crippen LogP contribution is -2.50. The Kier molecular flexibility index (Phi) is 3.57. The second-order valence-corrected chi connectivity index (χ2v) is 6.18. The molecule has 0 bridgehead atoms. The third-order valence-electron chi connectivity index (χ3n) is 4.41. The summed E-state index contributed by atoms with van der Waals surface area (Å²) in [6.07, 6.45) is 7.44. The Morgan fingerprint density at radius 2 is 2.11 bits per heavy atom. The molecule has 3 fully saturated rings. The minimum Gasteiger partial charge on any atom is -0.352 e. The van der Waals surface area contributed by atoms with Crippen molar-refractivity contribution in [2.24, 2.45) is 0 Å². The zero-order valence-electron chi connectivity index (χ0n) is 11.3. The lowest BCUT2D eigenvalue weighted by molar-refractivity contribution is -0.126. The first-order chi connectivity index (χ1) is 8.74. The second kappa shape index (κ2) is 5.17. The summed E-state index contributed by atoms with van der Waals surface area (Å²) >= 11 is 0. The molecule has 0 spiro atoms. The van der Waals surface area contributed by atoms with E-state index in [1.807, 2.05) is 0 Å². The predicted octanol–water partition coefficient (Wildman–Crippen LogP) is 0.870. The normalized spacial score (nSPS) is 29.6. The maximum absolute atomic E-state index is 12.2. The van der Waals surface area contributed by atoms with E-state index in [-0.39, 0.29) is 11.9 Å². The van der Waals surface area contributed by atoms with Crippen LogP contribution in [-0.4, -0.2) is 48.1 Å². The van der Waals surface area contributed by atoms with E-state index in [1.165, 1.54) is 38.5 Å². The highest BCUT2D eigenvalue weighted by Crippen LogP contribution is 2.30. The van der Waals surface area contributed by atoms with Crippen LogP contribution in [0.1, 0.15) is 45.4 Å². The number of rotatable bonds is 6. The third kappa shape index (κ3) is 3.04. The van der Waals surface area contributed by atoms with Gasteiger partial charge in [-0.15, -0.1) is 0 Å². The Bertz CT molecular complexity index is 306. The molecule has 3 rings (SSSR count). The second-order valence-electron chi connectivity index (χ2n) is 6.18. The van der Waals surface area contributed by atoms with E-state index < -0.39 is 0 Å². The molecule has 0 radical (unpaired) electrons. The summed E-state index contributed by atoms with van der Waals surface area (Å²) in [5.74, 6) is 0.238. The van der Waals surface area contributed by atoms with Crippen LogP contribution in [0.5, 0.6) is 0 Å². The molecule has 1 amide bonds. The Balaban J connectivity index is 1.55. The first kappa shape index (κ1) is 12.4. The lowest BCUT2D eigenvalue weighted by atomic mass is 10.1. The number of carbonyl (C=O) groups is 1. The molecule has 0 aromatic carbocycles. The molecular formula is C14H25N3O. The fourth-order valence-electron chi connectivity index (χ4n) is 2.90. The molecule has 4 nitrogen and oxygen atoms in total. The van der Waals surface area contributed by atoms with E-state index in [4.69, 9.17) is 0 Å². The van der Waals surface area contributed by atoms with E-state index in [0.29, 0.717) is 18.1 Å². The number of carbonyl (C=O) groups excluding carboxylic acids is 1. The molecule has 1 saturated heterocycles. The van der Waals surface area contributed by atoms with Gasteiger partial charge in [0.2, 0.25) is 5.91 Å². The van der Waals surface area contributed by atoms with Crippen molar-refractivity contribution in [2.45, 2.75) is 69.6 Å². The van der Waals surface area contributed by atoms with Gasteiger partial charge in [-0.1, -0.05) is 0 Å². The first-order valence-corrected chi connectivity index (χ1v) is 7.53. The van der Waals surface area contributed by atoms with Crippen LogP contribution in [0, 0.1) is 0 Å². The van der Waals surface area contributed by atoms with Crippen LogP contribution in [0.15, 0.2) is 0 Å². The van der Waals surface area contributed by atoms with Crippen molar-refractivity contribution in [1.82, 2.24) is 15.5 Å². The van der Waals surface area contributed by atoms with Gasteiger partial charge in [0, 0.05) is 24.7 Å². The van der Waals surface area contributed by atoms with E-state index >= 15 is 0 Å². The van der Waals surface area contributed by atoms with Crippen molar-refractivity contribution >= 4 is 5.91 Å². The van der Waals surface area contributed by atoms with Crippen LogP contribution < -0.4 is 10.6 Å². The van der Waals surface area contributed by atoms with Gasteiger partial charge in [0.05, 0.1) is 6.04 Å². The molecule has 1 aliphatic heterocycles. The van der Waals surface area contributed by atoms with Gasteiger partial charge in [-0.25, -0.2) is 0 Å². The minimum absolute atomic E-state index is 0.0421. The third-order valence-corrected chi connectivity index (χ3v) is 4.41. The quantitative estimate of drug-likeness (QED) is 0.736. The van der Waals surface area contributed by atoms with Crippen molar-refractivity contribution in [2.75, 3.05) is 13.1 Å².